The molecule has 0 atom stereocenters. The minimum Gasteiger partial charge on any atom is -0.481 e. The Morgan fingerprint density at radius 1 is 1.33 bits per heavy atom. The fourth-order valence-electron chi connectivity index (χ4n) is 3.24. The van der Waals surface area contributed by atoms with Crippen LogP contribution in [0.4, 0.5) is 4.39 Å². The van der Waals surface area contributed by atoms with Gasteiger partial charge in [0.05, 0.1) is 5.41 Å². The van der Waals surface area contributed by atoms with Crippen LogP contribution in [0, 0.1) is 17.2 Å². The fraction of sp³-hybridized carbons (Fsp3) is 0.588. The second-order valence-corrected chi connectivity index (χ2v) is 6.40. The average molecular weight is 293 g/mol. The van der Waals surface area contributed by atoms with E-state index in [1.54, 1.807) is 12.1 Å². The van der Waals surface area contributed by atoms with Gasteiger partial charge in [0, 0.05) is 12.6 Å². The third-order valence-electron chi connectivity index (χ3n) is 4.92. The van der Waals surface area contributed by atoms with E-state index in [4.69, 9.17) is 0 Å². The van der Waals surface area contributed by atoms with Crippen molar-refractivity contribution in [2.45, 2.75) is 52.1 Å². The van der Waals surface area contributed by atoms with Gasteiger partial charge in [-0.15, -0.1) is 0 Å². The Morgan fingerprint density at radius 2 is 1.90 bits per heavy atom. The molecule has 0 amide bonds. The summed E-state index contributed by atoms with van der Waals surface area (Å²) in [7, 11) is 0. The predicted molar refractivity (Wildman–Crippen MR) is 80.4 cm³/mol. The molecule has 3 nitrogen and oxygen atoms in total. The van der Waals surface area contributed by atoms with E-state index < -0.39 is 11.4 Å². The highest BCUT2D eigenvalue weighted by atomic mass is 19.1. The van der Waals surface area contributed by atoms with Crippen molar-refractivity contribution in [1.82, 2.24) is 5.32 Å². The molecular weight excluding hydrogens is 269 g/mol. The van der Waals surface area contributed by atoms with Crippen molar-refractivity contribution in [3.8, 4) is 0 Å². The van der Waals surface area contributed by atoms with Crippen LogP contribution in [0.3, 0.4) is 0 Å². The maximum absolute atomic E-state index is 12.8. The predicted octanol–water partition coefficient (Wildman–Crippen LogP) is 3.58. The van der Waals surface area contributed by atoms with Gasteiger partial charge in [-0.25, -0.2) is 4.39 Å². The monoisotopic (exact) mass is 293 g/mol. The molecule has 4 heteroatoms. The van der Waals surface area contributed by atoms with Crippen molar-refractivity contribution >= 4 is 5.97 Å². The molecular formula is C17H24FNO2. The smallest absolute Gasteiger partial charge is 0.309 e. The van der Waals surface area contributed by atoms with E-state index in [1.807, 2.05) is 13.8 Å². The van der Waals surface area contributed by atoms with Gasteiger partial charge in [0.25, 0.3) is 0 Å². The van der Waals surface area contributed by atoms with Crippen LogP contribution in [-0.2, 0) is 11.3 Å². The topological polar surface area (TPSA) is 49.3 Å². The summed E-state index contributed by atoms with van der Waals surface area (Å²) in [6.45, 7) is 4.70. The van der Waals surface area contributed by atoms with Gasteiger partial charge < -0.3 is 10.4 Å². The van der Waals surface area contributed by atoms with Crippen molar-refractivity contribution in [2.75, 3.05) is 0 Å². The van der Waals surface area contributed by atoms with Crippen LogP contribution in [0.2, 0.25) is 0 Å². The first-order valence-corrected chi connectivity index (χ1v) is 7.65. The molecule has 0 aliphatic heterocycles. The van der Waals surface area contributed by atoms with Crippen LogP contribution in [0.5, 0.6) is 0 Å². The molecule has 1 fully saturated rings. The largest absolute Gasteiger partial charge is 0.481 e. The van der Waals surface area contributed by atoms with Crippen molar-refractivity contribution in [2.24, 2.45) is 11.3 Å². The number of benzene rings is 1. The molecule has 21 heavy (non-hydrogen) atoms. The maximum atomic E-state index is 12.8. The number of carboxylic acids is 1. The van der Waals surface area contributed by atoms with Gasteiger partial charge in [0.2, 0.25) is 0 Å². The second kappa shape index (κ2) is 6.56. The first-order valence-electron chi connectivity index (χ1n) is 7.65. The molecule has 1 aromatic carbocycles. The number of aliphatic carboxylic acids is 1. The van der Waals surface area contributed by atoms with E-state index >= 15 is 0 Å². The van der Waals surface area contributed by atoms with Crippen LogP contribution in [-0.4, -0.2) is 17.1 Å². The number of hydrogen-bond acceptors (Lipinski definition) is 2. The molecule has 1 aliphatic carbocycles. The van der Waals surface area contributed by atoms with E-state index in [2.05, 4.69) is 5.32 Å². The van der Waals surface area contributed by atoms with E-state index in [1.165, 1.54) is 12.1 Å². The van der Waals surface area contributed by atoms with Gasteiger partial charge in [0.1, 0.15) is 5.82 Å². The first-order chi connectivity index (χ1) is 9.94. The third kappa shape index (κ3) is 3.62. The van der Waals surface area contributed by atoms with E-state index in [-0.39, 0.29) is 11.7 Å². The lowest BCUT2D eigenvalue weighted by Crippen LogP contribution is -2.44. The molecule has 0 saturated heterocycles. The number of carbonyl (C=O) groups is 1. The number of hydrogen-bond donors (Lipinski definition) is 2. The molecule has 1 saturated carbocycles. The molecule has 0 spiro atoms. The Hall–Kier alpha value is -1.42. The molecule has 116 valence electrons. The van der Waals surface area contributed by atoms with Gasteiger partial charge in [-0.1, -0.05) is 26.0 Å². The van der Waals surface area contributed by atoms with Gasteiger partial charge in [-0.2, -0.15) is 0 Å². The molecule has 1 aromatic rings. The van der Waals surface area contributed by atoms with Crippen LogP contribution < -0.4 is 5.32 Å². The number of nitrogens with one attached hydrogen (secondary N) is 1. The average Bonchev–Trinajstić information content (AvgIpc) is 2.46. The molecule has 0 heterocycles. The Bertz CT molecular complexity index is 476. The van der Waals surface area contributed by atoms with Crippen molar-refractivity contribution in [3.63, 3.8) is 0 Å². The van der Waals surface area contributed by atoms with E-state index in [0.29, 0.717) is 12.6 Å². The Kier molecular flexibility index (Phi) is 4.99. The zero-order valence-corrected chi connectivity index (χ0v) is 12.7. The van der Waals surface area contributed by atoms with Gasteiger partial charge in [-0.05, 0) is 49.3 Å². The Balaban J connectivity index is 1.86. The maximum Gasteiger partial charge on any atom is 0.309 e. The van der Waals surface area contributed by atoms with Crippen molar-refractivity contribution in [1.29, 1.82) is 0 Å². The van der Waals surface area contributed by atoms with Crippen molar-refractivity contribution in [3.05, 3.63) is 35.6 Å². The number of rotatable bonds is 5. The summed E-state index contributed by atoms with van der Waals surface area (Å²) >= 11 is 0. The molecule has 0 bridgehead atoms. The molecule has 2 N–H and O–H groups in total. The minimum atomic E-state index is -0.658. The lowest BCUT2D eigenvalue weighted by atomic mass is 9.66. The highest BCUT2D eigenvalue weighted by Crippen LogP contribution is 2.42. The summed E-state index contributed by atoms with van der Waals surface area (Å²) in [5, 5.41) is 13.0. The molecule has 0 unspecified atom stereocenters. The SMILES string of the molecule is CC(C)C1(C(=O)O)CCC(NCc2ccc(F)cc2)CC1. The quantitative estimate of drug-likeness (QED) is 0.872. The highest BCUT2D eigenvalue weighted by Gasteiger charge is 2.44. The summed E-state index contributed by atoms with van der Waals surface area (Å²) in [5.74, 6) is -0.720. The lowest BCUT2D eigenvalue weighted by molar-refractivity contribution is -0.154. The fourth-order valence-corrected chi connectivity index (χ4v) is 3.24. The molecule has 0 aromatic heterocycles. The Labute approximate surface area is 125 Å². The van der Waals surface area contributed by atoms with Crippen LogP contribution in [0.25, 0.3) is 0 Å². The van der Waals surface area contributed by atoms with Gasteiger partial charge in [-0.3, -0.25) is 4.79 Å². The third-order valence-corrected chi connectivity index (χ3v) is 4.92. The minimum absolute atomic E-state index is 0.160. The van der Waals surface area contributed by atoms with Gasteiger partial charge in [0.15, 0.2) is 0 Å². The van der Waals surface area contributed by atoms with Crippen molar-refractivity contribution < 1.29 is 14.3 Å². The normalized spacial score (nSPS) is 26.0. The molecule has 1 aliphatic rings. The lowest BCUT2D eigenvalue weighted by Gasteiger charge is -2.40. The summed E-state index contributed by atoms with van der Waals surface area (Å²) < 4.78 is 12.8. The van der Waals surface area contributed by atoms with Crippen LogP contribution in [0.15, 0.2) is 24.3 Å². The van der Waals surface area contributed by atoms with Crippen LogP contribution >= 0.6 is 0 Å². The number of halogens is 1. The van der Waals surface area contributed by atoms with Gasteiger partial charge >= 0.3 is 5.97 Å². The summed E-state index contributed by atoms with van der Waals surface area (Å²) in [4.78, 5) is 11.6. The summed E-state index contributed by atoms with van der Waals surface area (Å²) in [6.07, 6.45) is 3.21. The van der Waals surface area contributed by atoms with E-state index in [9.17, 15) is 14.3 Å². The second-order valence-electron chi connectivity index (χ2n) is 6.40. The zero-order chi connectivity index (χ0) is 15.5. The summed E-state index contributed by atoms with van der Waals surface area (Å²) in [6, 6.07) is 6.83. The first kappa shape index (κ1) is 16.0. The zero-order valence-electron chi connectivity index (χ0n) is 12.7. The highest BCUT2D eigenvalue weighted by molar-refractivity contribution is 5.75. The van der Waals surface area contributed by atoms with E-state index in [0.717, 1.165) is 31.2 Å². The van der Waals surface area contributed by atoms with Crippen LogP contribution in [0.1, 0.15) is 45.1 Å². The summed E-state index contributed by atoms with van der Waals surface area (Å²) in [5.41, 5.74) is 0.490. The Morgan fingerprint density at radius 3 is 2.38 bits per heavy atom. The molecule has 2 rings (SSSR count). The number of carboxylic acid groups (broad SMARTS) is 1. The molecule has 0 radical (unpaired) electrons. The standard InChI is InChI=1S/C17H24FNO2/c1-12(2)17(16(20)21)9-7-15(8-10-17)19-11-13-3-5-14(18)6-4-13/h3-6,12,15,19H,7-11H2,1-2H3,(H,20,21).